The Morgan fingerprint density at radius 3 is 2.39 bits per heavy atom. The van der Waals surface area contributed by atoms with Crippen molar-refractivity contribution in [3.05, 3.63) is 0 Å². The van der Waals surface area contributed by atoms with Crippen LogP contribution < -0.4 is 5.32 Å². The van der Waals surface area contributed by atoms with Crippen LogP contribution >= 0.6 is 0 Å². The number of carbonyl (C=O) groups is 1. The van der Waals surface area contributed by atoms with E-state index in [1.54, 1.807) is 0 Å². The number of amides is 1. The second kappa shape index (κ2) is 5.60. The summed E-state index contributed by atoms with van der Waals surface area (Å²) in [5.74, 6) is 1.96. The van der Waals surface area contributed by atoms with E-state index in [4.69, 9.17) is 0 Å². The maximum Gasteiger partial charge on any atom is 0.222 e. The zero-order chi connectivity index (χ0) is 12.4. The molecule has 0 aromatic heterocycles. The molecule has 0 spiro atoms. The summed E-state index contributed by atoms with van der Waals surface area (Å²) in [7, 11) is 0. The van der Waals surface area contributed by atoms with Gasteiger partial charge >= 0.3 is 0 Å². The number of rotatable bonds is 3. The fraction of sp³-hybridized carbons (Fsp3) is 0.933. The second-order valence-electron chi connectivity index (χ2n) is 6.42. The van der Waals surface area contributed by atoms with Gasteiger partial charge in [-0.3, -0.25) is 4.79 Å². The third-order valence-corrected chi connectivity index (χ3v) is 5.25. The van der Waals surface area contributed by atoms with Gasteiger partial charge in [0, 0.05) is 25.6 Å². The molecule has 0 radical (unpaired) electrons. The number of piperidine rings is 1. The van der Waals surface area contributed by atoms with Gasteiger partial charge in [-0.25, -0.2) is 0 Å². The average molecular weight is 250 g/mol. The van der Waals surface area contributed by atoms with E-state index < -0.39 is 0 Å². The minimum Gasteiger partial charge on any atom is -0.343 e. The standard InChI is InChI=1S/C15H26N2O/c18-15(11-12-3-1-4-12)17-9-6-13(7-10-17)14-5-2-8-16-14/h12-14,16H,1-11H2. The molecule has 3 heteroatoms. The van der Waals surface area contributed by atoms with E-state index in [-0.39, 0.29) is 0 Å². The SMILES string of the molecule is O=C(CC1CCC1)N1CCC(C2CCCN2)CC1. The summed E-state index contributed by atoms with van der Waals surface area (Å²) in [6, 6.07) is 0.744. The zero-order valence-corrected chi connectivity index (χ0v) is 11.4. The maximum atomic E-state index is 12.1. The van der Waals surface area contributed by atoms with Crippen LogP contribution in [0.4, 0.5) is 0 Å². The van der Waals surface area contributed by atoms with Crippen LogP contribution in [0.25, 0.3) is 0 Å². The van der Waals surface area contributed by atoms with Crippen LogP contribution in [0, 0.1) is 11.8 Å². The van der Waals surface area contributed by atoms with Gasteiger partial charge in [-0.15, -0.1) is 0 Å². The van der Waals surface area contributed by atoms with E-state index in [2.05, 4.69) is 10.2 Å². The first-order valence-electron chi connectivity index (χ1n) is 7.84. The van der Waals surface area contributed by atoms with Crippen molar-refractivity contribution in [3.63, 3.8) is 0 Å². The number of nitrogens with zero attached hydrogens (tertiary/aromatic N) is 1. The Bertz CT molecular complexity index is 287. The predicted molar refractivity (Wildman–Crippen MR) is 72.3 cm³/mol. The molecule has 0 aromatic carbocycles. The predicted octanol–water partition coefficient (Wildman–Crippen LogP) is 2.17. The Hall–Kier alpha value is -0.570. The molecule has 1 saturated carbocycles. The van der Waals surface area contributed by atoms with E-state index in [9.17, 15) is 4.79 Å². The van der Waals surface area contributed by atoms with Gasteiger partial charge in [-0.1, -0.05) is 6.42 Å². The van der Waals surface area contributed by atoms with Crippen LogP contribution in [0.2, 0.25) is 0 Å². The van der Waals surface area contributed by atoms with Gasteiger partial charge in [0.15, 0.2) is 0 Å². The molecule has 2 saturated heterocycles. The summed E-state index contributed by atoms with van der Waals surface area (Å²) in [6.45, 7) is 3.22. The second-order valence-corrected chi connectivity index (χ2v) is 6.42. The lowest BCUT2D eigenvalue weighted by Crippen LogP contribution is -2.44. The molecule has 18 heavy (non-hydrogen) atoms. The Morgan fingerprint density at radius 1 is 1.06 bits per heavy atom. The Morgan fingerprint density at radius 2 is 1.83 bits per heavy atom. The average Bonchev–Trinajstić information content (AvgIpc) is 2.87. The number of carbonyl (C=O) groups excluding carboxylic acids is 1. The van der Waals surface area contributed by atoms with Crippen LogP contribution in [-0.4, -0.2) is 36.5 Å². The van der Waals surface area contributed by atoms with Crippen molar-refractivity contribution in [3.8, 4) is 0 Å². The van der Waals surface area contributed by atoms with Gasteiger partial charge < -0.3 is 10.2 Å². The van der Waals surface area contributed by atoms with E-state index in [0.717, 1.165) is 31.5 Å². The fourth-order valence-corrected chi connectivity index (χ4v) is 3.74. The first kappa shape index (κ1) is 12.5. The Balaban J connectivity index is 1.42. The molecule has 0 bridgehead atoms. The molecular weight excluding hydrogens is 224 g/mol. The quantitative estimate of drug-likeness (QED) is 0.832. The highest BCUT2D eigenvalue weighted by atomic mass is 16.2. The van der Waals surface area contributed by atoms with Crippen molar-refractivity contribution in [2.24, 2.45) is 11.8 Å². The fourth-order valence-electron chi connectivity index (χ4n) is 3.74. The molecule has 102 valence electrons. The van der Waals surface area contributed by atoms with Gasteiger partial charge in [0.05, 0.1) is 0 Å². The first-order valence-corrected chi connectivity index (χ1v) is 7.84. The van der Waals surface area contributed by atoms with Gasteiger partial charge in [-0.2, -0.15) is 0 Å². The van der Waals surface area contributed by atoms with Crippen LogP contribution in [0.3, 0.4) is 0 Å². The van der Waals surface area contributed by atoms with Crippen LogP contribution in [-0.2, 0) is 4.79 Å². The molecular formula is C15H26N2O. The number of nitrogens with one attached hydrogen (secondary N) is 1. The highest BCUT2D eigenvalue weighted by molar-refractivity contribution is 5.76. The molecule has 3 aliphatic rings. The number of hydrogen-bond donors (Lipinski definition) is 1. The smallest absolute Gasteiger partial charge is 0.222 e. The molecule has 2 aliphatic heterocycles. The molecule has 1 amide bonds. The van der Waals surface area contributed by atoms with Crippen molar-refractivity contribution in [1.82, 2.24) is 10.2 Å². The molecule has 3 nitrogen and oxygen atoms in total. The van der Waals surface area contributed by atoms with Gasteiger partial charge in [0.25, 0.3) is 0 Å². The Kier molecular flexibility index (Phi) is 3.88. The summed E-state index contributed by atoms with van der Waals surface area (Å²) in [5.41, 5.74) is 0. The van der Waals surface area contributed by atoms with Gasteiger partial charge in [0.2, 0.25) is 5.91 Å². The molecule has 0 aromatic rings. The summed E-state index contributed by atoms with van der Waals surface area (Å²) in [5, 5.41) is 3.62. The summed E-state index contributed by atoms with van der Waals surface area (Å²) >= 11 is 0. The van der Waals surface area contributed by atoms with Crippen molar-refractivity contribution < 1.29 is 4.79 Å². The Labute approximate surface area is 110 Å². The molecule has 1 unspecified atom stereocenters. The van der Waals surface area contributed by atoms with Crippen molar-refractivity contribution in [2.45, 2.75) is 57.4 Å². The zero-order valence-electron chi connectivity index (χ0n) is 11.4. The van der Waals surface area contributed by atoms with Crippen LogP contribution in [0.5, 0.6) is 0 Å². The lowest BCUT2D eigenvalue weighted by Gasteiger charge is -2.36. The lowest BCUT2D eigenvalue weighted by atomic mass is 9.82. The van der Waals surface area contributed by atoms with Crippen molar-refractivity contribution in [2.75, 3.05) is 19.6 Å². The molecule has 3 fully saturated rings. The third-order valence-electron chi connectivity index (χ3n) is 5.25. The van der Waals surface area contributed by atoms with E-state index in [0.29, 0.717) is 11.8 Å². The largest absolute Gasteiger partial charge is 0.343 e. The molecule has 2 heterocycles. The molecule has 1 atom stereocenters. The molecule has 1 aliphatic carbocycles. The van der Waals surface area contributed by atoms with E-state index in [1.165, 1.54) is 51.5 Å². The monoisotopic (exact) mass is 250 g/mol. The normalized spacial score (nSPS) is 30.4. The van der Waals surface area contributed by atoms with Crippen molar-refractivity contribution >= 4 is 5.91 Å². The summed E-state index contributed by atoms with van der Waals surface area (Å²) in [4.78, 5) is 14.3. The van der Waals surface area contributed by atoms with Gasteiger partial charge in [0.1, 0.15) is 0 Å². The summed E-state index contributed by atoms with van der Waals surface area (Å²) in [6.07, 6.45) is 9.86. The van der Waals surface area contributed by atoms with E-state index >= 15 is 0 Å². The lowest BCUT2D eigenvalue weighted by molar-refractivity contribution is -0.134. The topological polar surface area (TPSA) is 32.3 Å². The highest BCUT2D eigenvalue weighted by Gasteiger charge is 2.31. The summed E-state index contributed by atoms with van der Waals surface area (Å²) < 4.78 is 0. The molecule has 1 N–H and O–H groups in total. The van der Waals surface area contributed by atoms with Crippen LogP contribution in [0.1, 0.15) is 51.4 Å². The third kappa shape index (κ3) is 2.71. The van der Waals surface area contributed by atoms with E-state index in [1.807, 2.05) is 0 Å². The molecule has 3 rings (SSSR count). The number of hydrogen-bond acceptors (Lipinski definition) is 2. The minimum atomic E-state index is 0.428. The number of likely N-dealkylation sites (tertiary alicyclic amines) is 1. The van der Waals surface area contributed by atoms with Crippen molar-refractivity contribution in [1.29, 1.82) is 0 Å². The first-order chi connectivity index (χ1) is 8.83. The van der Waals surface area contributed by atoms with Gasteiger partial charge in [-0.05, 0) is 56.9 Å². The van der Waals surface area contributed by atoms with Crippen LogP contribution in [0.15, 0.2) is 0 Å². The highest BCUT2D eigenvalue weighted by Crippen LogP contribution is 2.31. The minimum absolute atomic E-state index is 0.428. The maximum absolute atomic E-state index is 12.1.